The van der Waals surface area contributed by atoms with Crippen LogP contribution in [0.5, 0.6) is 0 Å². The number of nitrogens with zero attached hydrogens (tertiary/aromatic N) is 1. The zero-order valence-electron chi connectivity index (χ0n) is 13.5. The summed E-state index contributed by atoms with van der Waals surface area (Å²) in [6.45, 7) is 5.36. The van der Waals surface area contributed by atoms with E-state index in [4.69, 9.17) is 4.52 Å². The predicted molar refractivity (Wildman–Crippen MR) is 83.3 cm³/mol. The van der Waals surface area contributed by atoms with Crippen molar-refractivity contribution in [3.8, 4) is 0 Å². The Balaban J connectivity index is 1.88. The van der Waals surface area contributed by atoms with Crippen LogP contribution in [-0.4, -0.2) is 22.2 Å². The van der Waals surface area contributed by atoms with E-state index in [0.29, 0.717) is 12.0 Å². The number of aliphatic hydroxyl groups excluding tert-OH is 1. The molecule has 0 saturated carbocycles. The molecule has 23 heavy (non-hydrogen) atoms. The molecular weight excluding hydrogens is 299 g/mol. The number of rotatable bonds is 6. The summed E-state index contributed by atoms with van der Waals surface area (Å²) in [7, 11) is 0. The Morgan fingerprint density at radius 3 is 2.57 bits per heavy atom. The van der Waals surface area contributed by atoms with Crippen LogP contribution in [-0.2, 0) is 11.2 Å². The Morgan fingerprint density at radius 2 is 2.00 bits per heavy atom. The molecule has 0 bridgehead atoms. The molecule has 2 N–H and O–H groups in total. The first kappa shape index (κ1) is 17.1. The molecule has 2 aromatic rings. The van der Waals surface area contributed by atoms with Gasteiger partial charge in [-0.25, -0.2) is 4.39 Å². The topological polar surface area (TPSA) is 75.4 Å². The highest BCUT2D eigenvalue weighted by Gasteiger charge is 2.19. The summed E-state index contributed by atoms with van der Waals surface area (Å²) < 4.78 is 18.0. The van der Waals surface area contributed by atoms with Crippen LogP contribution in [0.15, 0.2) is 28.8 Å². The van der Waals surface area contributed by atoms with Gasteiger partial charge in [-0.3, -0.25) is 4.79 Å². The van der Waals surface area contributed by atoms with Crippen LogP contribution in [0.1, 0.15) is 42.0 Å². The van der Waals surface area contributed by atoms with Crippen LogP contribution in [0.3, 0.4) is 0 Å². The van der Waals surface area contributed by atoms with Gasteiger partial charge in [0.2, 0.25) is 5.91 Å². The first-order valence-corrected chi connectivity index (χ1v) is 7.53. The summed E-state index contributed by atoms with van der Waals surface area (Å²) >= 11 is 0. The highest BCUT2D eigenvalue weighted by molar-refractivity contribution is 5.76. The number of halogens is 1. The van der Waals surface area contributed by atoms with Crippen molar-refractivity contribution in [2.45, 2.75) is 45.8 Å². The standard InChI is InChI=1S/C17H21FN2O3/c1-10-15(12(3)23-20-10)8-9-16(21)19-11(2)17(22)13-4-6-14(18)7-5-13/h4-7,11,17,22H,8-9H2,1-3H3,(H,19,21). The molecule has 2 rings (SSSR count). The molecular formula is C17H21FN2O3. The molecule has 6 heteroatoms. The lowest BCUT2D eigenvalue weighted by molar-refractivity contribution is -0.122. The zero-order valence-corrected chi connectivity index (χ0v) is 13.5. The van der Waals surface area contributed by atoms with Crippen molar-refractivity contribution in [2.24, 2.45) is 0 Å². The molecule has 1 aromatic carbocycles. The molecule has 5 nitrogen and oxygen atoms in total. The number of benzene rings is 1. The monoisotopic (exact) mass is 320 g/mol. The number of aliphatic hydroxyl groups is 1. The molecule has 0 saturated heterocycles. The van der Waals surface area contributed by atoms with Crippen molar-refractivity contribution in [3.05, 3.63) is 52.7 Å². The zero-order chi connectivity index (χ0) is 17.0. The summed E-state index contributed by atoms with van der Waals surface area (Å²) in [5, 5.41) is 16.8. The molecule has 2 unspecified atom stereocenters. The number of hydrogen-bond acceptors (Lipinski definition) is 4. The van der Waals surface area contributed by atoms with Crippen LogP contribution < -0.4 is 5.32 Å². The van der Waals surface area contributed by atoms with Crippen LogP contribution >= 0.6 is 0 Å². The van der Waals surface area contributed by atoms with Gasteiger partial charge in [-0.1, -0.05) is 17.3 Å². The molecule has 1 aromatic heterocycles. The second kappa shape index (κ2) is 7.37. The second-order valence-electron chi connectivity index (χ2n) is 5.66. The minimum Gasteiger partial charge on any atom is -0.386 e. The number of amides is 1. The van der Waals surface area contributed by atoms with Crippen molar-refractivity contribution >= 4 is 5.91 Å². The Kier molecular flexibility index (Phi) is 5.50. The van der Waals surface area contributed by atoms with E-state index in [9.17, 15) is 14.3 Å². The molecule has 2 atom stereocenters. The highest BCUT2D eigenvalue weighted by atomic mass is 19.1. The van der Waals surface area contributed by atoms with Gasteiger partial charge in [-0.15, -0.1) is 0 Å². The maximum Gasteiger partial charge on any atom is 0.220 e. The predicted octanol–water partition coefficient (Wildman–Crippen LogP) is 2.60. The Bertz CT molecular complexity index is 647. The third-order valence-electron chi connectivity index (χ3n) is 3.86. The summed E-state index contributed by atoms with van der Waals surface area (Å²) in [5.41, 5.74) is 2.28. The number of aryl methyl sites for hydroxylation is 2. The molecule has 1 heterocycles. The molecule has 124 valence electrons. The van der Waals surface area contributed by atoms with Gasteiger partial charge in [0.15, 0.2) is 0 Å². The minimum absolute atomic E-state index is 0.168. The molecule has 0 aliphatic carbocycles. The fraction of sp³-hybridized carbons (Fsp3) is 0.412. The Hall–Kier alpha value is -2.21. The van der Waals surface area contributed by atoms with E-state index < -0.39 is 12.1 Å². The molecule has 0 fully saturated rings. The van der Waals surface area contributed by atoms with Crippen LogP contribution in [0, 0.1) is 19.7 Å². The van der Waals surface area contributed by atoms with E-state index in [2.05, 4.69) is 10.5 Å². The lowest BCUT2D eigenvalue weighted by Gasteiger charge is -2.20. The van der Waals surface area contributed by atoms with Crippen molar-refractivity contribution < 1.29 is 18.8 Å². The molecule has 0 spiro atoms. The van der Waals surface area contributed by atoms with E-state index >= 15 is 0 Å². The quantitative estimate of drug-likeness (QED) is 0.858. The summed E-state index contributed by atoms with van der Waals surface area (Å²) in [5.74, 6) is 0.186. The van der Waals surface area contributed by atoms with E-state index in [1.807, 2.05) is 13.8 Å². The number of carbonyl (C=O) groups is 1. The van der Waals surface area contributed by atoms with Gasteiger partial charge in [0.1, 0.15) is 11.6 Å². The SMILES string of the molecule is Cc1noc(C)c1CCC(=O)NC(C)C(O)c1ccc(F)cc1. The third kappa shape index (κ3) is 4.39. The van der Waals surface area contributed by atoms with E-state index in [1.54, 1.807) is 6.92 Å². The van der Waals surface area contributed by atoms with Crippen molar-refractivity contribution in [1.29, 1.82) is 0 Å². The van der Waals surface area contributed by atoms with Crippen LogP contribution in [0.4, 0.5) is 4.39 Å². The Labute approximate surface area is 134 Å². The van der Waals surface area contributed by atoms with Gasteiger partial charge in [-0.2, -0.15) is 0 Å². The van der Waals surface area contributed by atoms with Crippen LogP contribution in [0.25, 0.3) is 0 Å². The average Bonchev–Trinajstić information content (AvgIpc) is 2.84. The largest absolute Gasteiger partial charge is 0.386 e. The first-order valence-electron chi connectivity index (χ1n) is 7.53. The maximum absolute atomic E-state index is 12.9. The van der Waals surface area contributed by atoms with Gasteiger partial charge in [0.25, 0.3) is 0 Å². The Morgan fingerprint density at radius 1 is 1.35 bits per heavy atom. The van der Waals surface area contributed by atoms with E-state index in [0.717, 1.165) is 17.0 Å². The van der Waals surface area contributed by atoms with E-state index in [-0.39, 0.29) is 18.1 Å². The summed E-state index contributed by atoms with van der Waals surface area (Å²) in [4.78, 5) is 12.0. The lowest BCUT2D eigenvalue weighted by Crippen LogP contribution is -2.37. The summed E-state index contributed by atoms with van der Waals surface area (Å²) in [6, 6.07) is 5.10. The molecule has 1 amide bonds. The van der Waals surface area contributed by atoms with Crippen molar-refractivity contribution in [1.82, 2.24) is 10.5 Å². The van der Waals surface area contributed by atoms with Gasteiger partial charge in [0.05, 0.1) is 17.8 Å². The highest BCUT2D eigenvalue weighted by Crippen LogP contribution is 2.18. The van der Waals surface area contributed by atoms with Gasteiger partial charge in [-0.05, 0) is 44.9 Å². The smallest absolute Gasteiger partial charge is 0.220 e. The first-order chi connectivity index (χ1) is 10.9. The summed E-state index contributed by atoms with van der Waals surface area (Å²) in [6.07, 6.45) is -0.0750. The van der Waals surface area contributed by atoms with Gasteiger partial charge >= 0.3 is 0 Å². The van der Waals surface area contributed by atoms with E-state index in [1.165, 1.54) is 24.3 Å². The third-order valence-corrected chi connectivity index (χ3v) is 3.86. The molecule has 0 radical (unpaired) electrons. The molecule has 0 aliphatic heterocycles. The number of nitrogens with one attached hydrogen (secondary N) is 1. The normalized spacial score (nSPS) is 13.6. The lowest BCUT2D eigenvalue weighted by atomic mass is 10.0. The van der Waals surface area contributed by atoms with Crippen LogP contribution in [0.2, 0.25) is 0 Å². The van der Waals surface area contributed by atoms with Gasteiger partial charge in [0, 0.05) is 12.0 Å². The molecule has 0 aliphatic rings. The number of hydrogen-bond donors (Lipinski definition) is 2. The number of aromatic nitrogens is 1. The number of carbonyl (C=O) groups excluding carboxylic acids is 1. The van der Waals surface area contributed by atoms with Gasteiger partial charge < -0.3 is 14.9 Å². The average molecular weight is 320 g/mol. The van der Waals surface area contributed by atoms with Crippen molar-refractivity contribution in [3.63, 3.8) is 0 Å². The van der Waals surface area contributed by atoms with Crippen molar-refractivity contribution in [2.75, 3.05) is 0 Å². The fourth-order valence-electron chi connectivity index (χ4n) is 2.45. The maximum atomic E-state index is 12.9. The minimum atomic E-state index is -0.890. The fourth-order valence-corrected chi connectivity index (χ4v) is 2.45. The second-order valence-corrected chi connectivity index (χ2v) is 5.66.